The molecule has 0 radical (unpaired) electrons. The maximum absolute atomic E-state index is 12.2. The second kappa shape index (κ2) is 5.85. The number of methoxy groups -OCH3 is 1. The predicted octanol–water partition coefficient (Wildman–Crippen LogP) is 1.91. The Bertz CT molecular complexity index is 826. The average molecular weight is 296 g/mol. The molecular weight excluding hydrogens is 280 g/mol. The van der Waals surface area contributed by atoms with Crippen LogP contribution in [-0.4, -0.2) is 27.8 Å². The summed E-state index contributed by atoms with van der Waals surface area (Å²) in [4.78, 5) is 16.5. The summed E-state index contributed by atoms with van der Waals surface area (Å²) in [6.07, 6.45) is 3.40. The summed E-state index contributed by atoms with van der Waals surface area (Å²) in [5.74, 6) is 0.572. The van der Waals surface area contributed by atoms with Gasteiger partial charge < -0.3 is 10.1 Å². The van der Waals surface area contributed by atoms with Crippen molar-refractivity contribution < 1.29 is 9.53 Å². The van der Waals surface area contributed by atoms with Crippen LogP contribution in [0.1, 0.15) is 16.1 Å². The van der Waals surface area contributed by atoms with E-state index < -0.39 is 0 Å². The van der Waals surface area contributed by atoms with Gasteiger partial charge in [0.2, 0.25) is 0 Å². The number of carbonyl (C=O) groups is 1. The number of benzene rings is 1. The van der Waals surface area contributed by atoms with E-state index in [4.69, 9.17) is 4.74 Å². The van der Waals surface area contributed by atoms with Crippen molar-refractivity contribution >= 4 is 16.8 Å². The van der Waals surface area contributed by atoms with Crippen molar-refractivity contribution in [2.75, 3.05) is 7.11 Å². The molecule has 0 spiro atoms. The van der Waals surface area contributed by atoms with Crippen molar-refractivity contribution in [3.63, 3.8) is 0 Å². The topological polar surface area (TPSA) is 69.0 Å². The maximum atomic E-state index is 12.2. The summed E-state index contributed by atoms with van der Waals surface area (Å²) in [6.45, 7) is 0.389. The number of ether oxygens (including phenoxy) is 1. The average Bonchev–Trinajstić information content (AvgIpc) is 2.97. The van der Waals surface area contributed by atoms with E-state index in [9.17, 15) is 4.79 Å². The Balaban J connectivity index is 1.76. The van der Waals surface area contributed by atoms with Gasteiger partial charge in [-0.05, 0) is 24.3 Å². The summed E-state index contributed by atoms with van der Waals surface area (Å²) in [6, 6.07) is 9.25. The lowest BCUT2D eigenvalue weighted by Gasteiger charge is -2.06. The molecule has 1 N–H and O–H groups in total. The van der Waals surface area contributed by atoms with E-state index in [1.807, 2.05) is 43.6 Å². The summed E-state index contributed by atoms with van der Waals surface area (Å²) in [5, 5.41) is 7.95. The summed E-state index contributed by atoms with van der Waals surface area (Å²) < 4.78 is 6.86. The van der Waals surface area contributed by atoms with Gasteiger partial charge in [0.15, 0.2) is 0 Å². The predicted molar refractivity (Wildman–Crippen MR) is 82.7 cm³/mol. The van der Waals surface area contributed by atoms with E-state index in [1.165, 1.54) is 0 Å². The molecule has 0 bridgehead atoms. The number of pyridine rings is 1. The standard InChI is InChI=1S/C16H16N4O2/c1-20-6-5-13(19-20)10-18-16(21)12-7-11-3-4-14(22-2)8-15(11)17-9-12/h3-9H,10H2,1-2H3,(H,18,21). The molecule has 0 saturated heterocycles. The molecule has 3 aromatic rings. The third kappa shape index (κ3) is 2.90. The van der Waals surface area contributed by atoms with Crippen LogP contribution in [0.4, 0.5) is 0 Å². The maximum Gasteiger partial charge on any atom is 0.253 e. The largest absolute Gasteiger partial charge is 0.497 e. The number of nitrogens with one attached hydrogen (secondary N) is 1. The highest BCUT2D eigenvalue weighted by Crippen LogP contribution is 2.19. The van der Waals surface area contributed by atoms with Gasteiger partial charge in [0, 0.05) is 30.9 Å². The molecule has 6 nitrogen and oxygen atoms in total. The van der Waals surface area contributed by atoms with E-state index in [0.717, 1.165) is 22.3 Å². The number of hydrogen-bond acceptors (Lipinski definition) is 4. The van der Waals surface area contributed by atoms with Crippen molar-refractivity contribution in [3.8, 4) is 5.75 Å². The minimum Gasteiger partial charge on any atom is -0.497 e. The van der Waals surface area contributed by atoms with Gasteiger partial charge in [-0.25, -0.2) is 0 Å². The third-order valence-corrected chi connectivity index (χ3v) is 3.35. The number of nitrogens with zero attached hydrogens (tertiary/aromatic N) is 3. The molecule has 0 aliphatic rings. The van der Waals surface area contributed by atoms with Crippen LogP contribution in [0.5, 0.6) is 5.75 Å². The highest BCUT2D eigenvalue weighted by molar-refractivity contribution is 5.97. The van der Waals surface area contributed by atoms with Gasteiger partial charge in [-0.15, -0.1) is 0 Å². The number of amides is 1. The lowest BCUT2D eigenvalue weighted by atomic mass is 10.1. The van der Waals surface area contributed by atoms with Crippen molar-refractivity contribution in [2.45, 2.75) is 6.54 Å². The second-order valence-corrected chi connectivity index (χ2v) is 4.95. The number of aryl methyl sites for hydroxylation is 1. The molecule has 0 aliphatic carbocycles. The lowest BCUT2D eigenvalue weighted by Crippen LogP contribution is -2.23. The Hall–Kier alpha value is -2.89. The lowest BCUT2D eigenvalue weighted by molar-refractivity contribution is 0.0950. The molecule has 1 aromatic carbocycles. The normalized spacial score (nSPS) is 10.6. The molecule has 3 rings (SSSR count). The van der Waals surface area contributed by atoms with Crippen molar-refractivity contribution in [2.24, 2.45) is 7.05 Å². The first kappa shape index (κ1) is 14.1. The van der Waals surface area contributed by atoms with Gasteiger partial charge in [-0.2, -0.15) is 5.10 Å². The number of rotatable bonds is 4. The fourth-order valence-electron chi connectivity index (χ4n) is 2.18. The van der Waals surface area contributed by atoms with Gasteiger partial charge in [0.25, 0.3) is 5.91 Å². The molecule has 0 saturated carbocycles. The Labute approximate surface area is 127 Å². The summed E-state index contributed by atoms with van der Waals surface area (Å²) >= 11 is 0. The molecule has 0 atom stereocenters. The first-order chi connectivity index (χ1) is 10.7. The highest BCUT2D eigenvalue weighted by Gasteiger charge is 2.08. The minimum atomic E-state index is -0.170. The Morgan fingerprint density at radius 2 is 2.18 bits per heavy atom. The number of fused-ring (bicyclic) bond motifs is 1. The SMILES string of the molecule is COc1ccc2cc(C(=O)NCc3ccn(C)n3)cnc2c1. The van der Waals surface area contributed by atoms with Crippen LogP contribution in [0.2, 0.25) is 0 Å². The van der Waals surface area contributed by atoms with E-state index in [0.29, 0.717) is 12.1 Å². The van der Waals surface area contributed by atoms with Crippen molar-refractivity contribution in [1.29, 1.82) is 0 Å². The molecule has 112 valence electrons. The fourth-order valence-corrected chi connectivity index (χ4v) is 2.18. The molecule has 22 heavy (non-hydrogen) atoms. The fraction of sp³-hybridized carbons (Fsp3) is 0.188. The highest BCUT2D eigenvalue weighted by atomic mass is 16.5. The van der Waals surface area contributed by atoms with Crippen LogP contribution in [-0.2, 0) is 13.6 Å². The van der Waals surface area contributed by atoms with E-state index in [-0.39, 0.29) is 5.91 Å². The zero-order valence-electron chi connectivity index (χ0n) is 12.4. The van der Waals surface area contributed by atoms with Crippen LogP contribution in [0.3, 0.4) is 0 Å². The number of carbonyl (C=O) groups excluding carboxylic acids is 1. The summed E-state index contributed by atoms with van der Waals surface area (Å²) in [7, 11) is 3.45. The first-order valence-electron chi connectivity index (χ1n) is 6.86. The van der Waals surface area contributed by atoms with Crippen molar-refractivity contribution in [1.82, 2.24) is 20.1 Å². The second-order valence-electron chi connectivity index (χ2n) is 4.95. The monoisotopic (exact) mass is 296 g/mol. The minimum absolute atomic E-state index is 0.170. The van der Waals surface area contributed by atoms with Crippen LogP contribution in [0.15, 0.2) is 42.7 Å². The molecule has 0 fully saturated rings. The van der Waals surface area contributed by atoms with Gasteiger partial charge in [-0.3, -0.25) is 14.5 Å². The van der Waals surface area contributed by atoms with E-state index in [1.54, 1.807) is 18.0 Å². The van der Waals surface area contributed by atoms with Gasteiger partial charge in [0.05, 0.1) is 30.4 Å². The van der Waals surface area contributed by atoms with Crippen molar-refractivity contribution in [3.05, 3.63) is 54.0 Å². The Morgan fingerprint density at radius 1 is 1.32 bits per heavy atom. The first-order valence-corrected chi connectivity index (χ1v) is 6.86. The molecule has 6 heteroatoms. The molecule has 0 unspecified atom stereocenters. The Kier molecular flexibility index (Phi) is 3.74. The molecule has 0 aliphatic heterocycles. The van der Waals surface area contributed by atoms with Gasteiger partial charge >= 0.3 is 0 Å². The molecule has 2 heterocycles. The van der Waals surface area contributed by atoms with Crippen LogP contribution in [0, 0.1) is 0 Å². The molecular formula is C16H16N4O2. The third-order valence-electron chi connectivity index (χ3n) is 3.35. The van der Waals surface area contributed by atoms with E-state index in [2.05, 4.69) is 15.4 Å². The summed E-state index contributed by atoms with van der Waals surface area (Å²) in [5.41, 5.74) is 2.13. The van der Waals surface area contributed by atoms with Crippen LogP contribution < -0.4 is 10.1 Å². The molecule has 2 aromatic heterocycles. The zero-order chi connectivity index (χ0) is 15.5. The van der Waals surface area contributed by atoms with Crippen LogP contribution in [0.25, 0.3) is 10.9 Å². The quantitative estimate of drug-likeness (QED) is 0.798. The van der Waals surface area contributed by atoms with Gasteiger partial charge in [-0.1, -0.05) is 0 Å². The van der Waals surface area contributed by atoms with Gasteiger partial charge in [0.1, 0.15) is 5.75 Å². The number of aromatic nitrogens is 3. The van der Waals surface area contributed by atoms with Crippen LogP contribution >= 0.6 is 0 Å². The Morgan fingerprint density at radius 3 is 2.91 bits per heavy atom. The smallest absolute Gasteiger partial charge is 0.253 e. The molecule has 1 amide bonds. The zero-order valence-corrected chi connectivity index (χ0v) is 12.4. The van der Waals surface area contributed by atoms with E-state index >= 15 is 0 Å². The number of hydrogen-bond donors (Lipinski definition) is 1.